The second kappa shape index (κ2) is 4.76. The van der Waals surface area contributed by atoms with Gasteiger partial charge in [-0.15, -0.1) is 6.58 Å². The number of ether oxygens (including phenoxy) is 1. The van der Waals surface area contributed by atoms with Crippen molar-refractivity contribution in [3.63, 3.8) is 0 Å². The number of methoxy groups -OCH3 is 1. The van der Waals surface area contributed by atoms with Gasteiger partial charge in [-0.1, -0.05) is 30.4 Å². The van der Waals surface area contributed by atoms with Crippen LogP contribution in [-0.4, -0.2) is 17.8 Å². The van der Waals surface area contributed by atoms with E-state index in [-0.39, 0.29) is 5.92 Å². The summed E-state index contributed by atoms with van der Waals surface area (Å²) in [4.78, 5) is 0. The van der Waals surface area contributed by atoms with Gasteiger partial charge in [0.25, 0.3) is 0 Å². The molecule has 2 rings (SSSR count). The standard InChI is InChI=1S/C15H18O2/c1-3-15(16)10-5-4-9-14(15)12-7-6-8-13(11-12)17-2/h3-4,6-9,11,14,16H,1,5,10H2,2H3. The van der Waals surface area contributed by atoms with Gasteiger partial charge >= 0.3 is 0 Å². The number of aliphatic hydroxyl groups is 1. The van der Waals surface area contributed by atoms with E-state index in [1.807, 2.05) is 24.3 Å². The van der Waals surface area contributed by atoms with Crippen molar-refractivity contribution in [2.24, 2.45) is 0 Å². The van der Waals surface area contributed by atoms with E-state index in [4.69, 9.17) is 4.74 Å². The average molecular weight is 230 g/mol. The first-order valence-corrected chi connectivity index (χ1v) is 5.86. The van der Waals surface area contributed by atoms with Gasteiger partial charge in [0.15, 0.2) is 0 Å². The van der Waals surface area contributed by atoms with E-state index in [0.717, 1.165) is 24.2 Å². The molecule has 1 aromatic rings. The average Bonchev–Trinajstić information content (AvgIpc) is 2.39. The van der Waals surface area contributed by atoms with E-state index in [2.05, 4.69) is 18.7 Å². The van der Waals surface area contributed by atoms with Crippen LogP contribution in [0.2, 0.25) is 0 Å². The third kappa shape index (κ3) is 2.27. The largest absolute Gasteiger partial charge is 0.497 e. The molecule has 0 spiro atoms. The highest BCUT2D eigenvalue weighted by Crippen LogP contribution is 2.38. The Bertz CT molecular complexity index is 436. The smallest absolute Gasteiger partial charge is 0.119 e. The van der Waals surface area contributed by atoms with Crippen LogP contribution in [0.3, 0.4) is 0 Å². The van der Waals surface area contributed by atoms with Gasteiger partial charge < -0.3 is 9.84 Å². The van der Waals surface area contributed by atoms with E-state index >= 15 is 0 Å². The number of hydrogen-bond donors (Lipinski definition) is 1. The Balaban J connectivity index is 2.39. The molecule has 0 amide bonds. The van der Waals surface area contributed by atoms with Gasteiger partial charge in [0.1, 0.15) is 5.75 Å². The van der Waals surface area contributed by atoms with Crippen LogP contribution in [0.25, 0.3) is 0 Å². The minimum atomic E-state index is -0.846. The van der Waals surface area contributed by atoms with E-state index in [1.165, 1.54) is 0 Å². The molecule has 2 unspecified atom stereocenters. The van der Waals surface area contributed by atoms with Gasteiger partial charge in [0.2, 0.25) is 0 Å². The van der Waals surface area contributed by atoms with E-state index < -0.39 is 5.60 Å². The lowest BCUT2D eigenvalue weighted by molar-refractivity contribution is 0.0632. The first-order chi connectivity index (χ1) is 8.19. The lowest BCUT2D eigenvalue weighted by Gasteiger charge is -2.34. The number of hydrogen-bond acceptors (Lipinski definition) is 2. The fourth-order valence-electron chi connectivity index (χ4n) is 2.33. The quantitative estimate of drug-likeness (QED) is 0.809. The lowest BCUT2D eigenvalue weighted by Crippen LogP contribution is -2.34. The van der Waals surface area contributed by atoms with Crippen molar-refractivity contribution < 1.29 is 9.84 Å². The zero-order valence-corrected chi connectivity index (χ0v) is 10.1. The van der Waals surface area contributed by atoms with Crippen molar-refractivity contribution in [2.45, 2.75) is 24.4 Å². The monoisotopic (exact) mass is 230 g/mol. The maximum Gasteiger partial charge on any atom is 0.119 e. The van der Waals surface area contributed by atoms with Crippen molar-refractivity contribution in [3.8, 4) is 5.75 Å². The molecule has 2 atom stereocenters. The van der Waals surface area contributed by atoms with Crippen LogP contribution in [0.15, 0.2) is 49.1 Å². The molecule has 0 aromatic heterocycles. The van der Waals surface area contributed by atoms with Crippen molar-refractivity contribution in [1.82, 2.24) is 0 Å². The molecule has 17 heavy (non-hydrogen) atoms. The molecule has 2 nitrogen and oxygen atoms in total. The molecule has 0 radical (unpaired) electrons. The zero-order chi connectivity index (χ0) is 12.3. The van der Waals surface area contributed by atoms with Gasteiger partial charge in [-0.25, -0.2) is 0 Å². The molecular formula is C15H18O2. The van der Waals surface area contributed by atoms with Crippen molar-refractivity contribution in [1.29, 1.82) is 0 Å². The third-order valence-corrected chi connectivity index (χ3v) is 3.38. The first kappa shape index (κ1) is 11.9. The summed E-state index contributed by atoms with van der Waals surface area (Å²) in [6, 6.07) is 7.83. The Morgan fingerprint density at radius 1 is 1.53 bits per heavy atom. The van der Waals surface area contributed by atoms with Gasteiger partial charge in [-0.2, -0.15) is 0 Å². The molecule has 1 aliphatic rings. The van der Waals surface area contributed by atoms with Gasteiger partial charge in [0, 0.05) is 5.92 Å². The van der Waals surface area contributed by atoms with Crippen LogP contribution in [0.4, 0.5) is 0 Å². The Labute approximate surface area is 102 Å². The Kier molecular flexibility index (Phi) is 3.34. The molecule has 0 heterocycles. The SMILES string of the molecule is C=CC1(O)CCC=CC1c1cccc(OC)c1. The summed E-state index contributed by atoms with van der Waals surface area (Å²) >= 11 is 0. The second-order valence-electron chi connectivity index (χ2n) is 4.42. The zero-order valence-electron chi connectivity index (χ0n) is 10.1. The summed E-state index contributed by atoms with van der Waals surface area (Å²) in [5.74, 6) is 0.775. The highest BCUT2D eigenvalue weighted by atomic mass is 16.5. The Hall–Kier alpha value is -1.54. The van der Waals surface area contributed by atoms with E-state index in [1.54, 1.807) is 13.2 Å². The number of rotatable bonds is 3. The fraction of sp³-hybridized carbons (Fsp3) is 0.333. The predicted molar refractivity (Wildman–Crippen MR) is 69.3 cm³/mol. The predicted octanol–water partition coefficient (Wildman–Crippen LogP) is 3.05. The first-order valence-electron chi connectivity index (χ1n) is 5.86. The highest BCUT2D eigenvalue weighted by molar-refractivity contribution is 5.37. The maximum absolute atomic E-state index is 10.5. The topological polar surface area (TPSA) is 29.5 Å². The molecule has 0 saturated heterocycles. The Morgan fingerprint density at radius 3 is 3.06 bits per heavy atom. The molecule has 0 bridgehead atoms. The maximum atomic E-state index is 10.5. The van der Waals surface area contributed by atoms with Crippen LogP contribution in [-0.2, 0) is 0 Å². The second-order valence-corrected chi connectivity index (χ2v) is 4.42. The van der Waals surface area contributed by atoms with Gasteiger partial charge in [-0.3, -0.25) is 0 Å². The molecule has 1 N–H and O–H groups in total. The van der Waals surface area contributed by atoms with E-state index in [0.29, 0.717) is 0 Å². The van der Waals surface area contributed by atoms with Crippen LogP contribution in [0.5, 0.6) is 5.75 Å². The lowest BCUT2D eigenvalue weighted by atomic mass is 9.76. The highest BCUT2D eigenvalue weighted by Gasteiger charge is 2.34. The number of benzene rings is 1. The molecule has 90 valence electrons. The van der Waals surface area contributed by atoms with Crippen LogP contribution in [0, 0.1) is 0 Å². The molecular weight excluding hydrogens is 212 g/mol. The van der Waals surface area contributed by atoms with Crippen LogP contribution in [0.1, 0.15) is 24.3 Å². The molecule has 0 aliphatic heterocycles. The van der Waals surface area contributed by atoms with Crippen LogP contribution < -0.4 is 4.74 Å². The molecule has 1 aromatic carbocycles. The summed E-state index contributed by atoms with van der Waals surface area (Å²) in [6.07, 6.45) is 7.43. The van der Waals surface area contributed by atoms with Gasteiger partial charge in [-0.05, 0) is 30.5 Å². The fourth-order valence-corrected chi connectivity index (χ4v) is 2.33. The molecule has 2 heteroatoms. The summed E-state index contributed by atoms with van der Waals surface area (Å²) in [6.45, 7) is 3.76. The summed E-state index contributed by atoms with van der Waals surface area (Å²) in [5.41, 5.74) is 0.212. The van der Waals surface area contributed by atoms with Crippen molar-refractivity contribution in [2.75, 3.05) is 7.11 Å². The number of allylic oxidation sites excluding steroid dienone is 1. The van der Waals surface area contributed by atoms with Crippen LogP contribution >= 0.6 is 0 Å². The van der Waals surface area contributed by atoms with Crippen molar-refractivity contribution >= 4 is 0 Å². The third-order valence-electron chi connectivity index (χ3n) is 3.38. The normalized spacial score (nSPS) is 27.8. The summed E-state index contributed by atoms with van der Waals surface area (Å²) in [7, 11) is 1.65. The molecule has 1 aliphatic carbocycles. The minimum Gasteiger partial charge on any atom is -0.497 e. The molecule has 0 saturated carbocycles. The summed E-state index contributed by atoms with van der Waals surface area (Å²) < 4.78 is 5.22. The van der Waals surface area contributed by atoms with Gasteiger partial charge in [0.05, 0.1) is 12.7 Å². The summed E-state index contributed by atoms with van der Waals surface area (Å²) in [5, 5.41) is 10.5. The molecule has 0 fully saturated rings. The minimum absolute atomic E-state index is 0.0381. The van der Waals surface area contributed by atoms with Crippen molar-refractivity contribution in [3.05, 3.63) is 54.6 Å². The Morgan fingerprint density at radius 2 is 2.35 bits per heavy atom. The van der Waals surface area contributed by atoms with E-state index in [9.17, 15) is 5.11 Å².